The van der Waals surface area contributed by atoms with E-state index in [-0.39, 0.29) is 11.7 Å². The molecule has 0 heterocycles. The van der Waals surface area contributed by atoms with Gasteiger partial charge in [-0.3, -0.25) is 0 Å². The third kappa shape index (κ3) is 2.85. The van der Waals surface area contributed by atoms with Crippen LogP contribution in [0, 0.1) is 23.1 Å². The van der Waals surface area contributed by atoms with Gasteiger partial charge in [0, 0.05) is 6.42 Å². The van der Waals surface area contributed by atoms with E-state index in [1.807, 2.05) is 12.1 Å². The summed E-state index contributed by atoms with van der Waals surface area (Å²) in [5, 5.41) is 8.90. The molecule has 0 N–H and O–H groups in total. The van der Waals surface area contributed by atoms with Crippen molar-refractivity contribution < 1.29 is 4.39 Å². The standard InChI is InChI=1S/C15H18FN/c16-15-9-5-4-8-14(15)13-7-3-1-2-6-12(13)10-11-17/h4-5,8-9,12-13H,1-3,6-7,10H2. The number of halogens is 1. The van der Waals surface area contributed by atoms with Crippen molar-refractivity contribution in [3.8, 4) is 6.07 Å². The van der Waals surface area contributed by atoms with Gasteiger partial charge in [0.1, 0.15) is 5.82 Å². The van der Waals surface area contributed by atoms with Crippen molar-refractivity contribution in [2.45, 2.75) is 44.4 Å². The fourth-order valence-electron chi connectivity index (χ4n) is 2.93. The molecule has 0 radical (unpaired) electrons. The van der Waals surface area contributed by atoms with Crippen molar-refractivity contribution in [1.82, 2.24) is 0 Å². The van der Waals surface area contributed by atoms with Crippen molar-refractivity contribution in [1.29, 1.82) is 5.26 Å². The van der Waals surface area contributed by atoms with Crippen LogP contribution >= 0.6 is 0 Å². The summed E-state index contributed by atoms with van der Waals surface area (Å²) in [4.78, 5) is 0. The Bertz CT molecular complexity index is 408. The molecular formula is C15H18FN. The highest BCUT2D eigenvalue weighted by molar-refractivity contribution is 5.23. The first-order valence-corrected chi connectivity index (χ1v) is 6.44. The average molecular weight is 231 g/mol. The Hall–Kier alpha value is -1.36. The van der Waals surface area contributed by atoms with E-state index < -0.39 is 0 Å². The second-order valence-electron chi connectivity index (χ2n) is 4.89. The predicted molar refractivity (Wildman–Crippen MR) is 65.9 cm³/mol. The molecule has 2 heteroatoms. The molecule has 1 aromatic carbocycles. The Labute approximate surface area is 102 Å². The quantitative estimate of drug-likeness (QED) is 0.692. The molecule has 1 saturated carbocycles. The van der Waals surface area contributed by atoms with Gasteiger partial charge in [-0.15, -0.1) is 0 Å². The zero-order valence-corrected chi connectivity index (χ0v) is 10.0. The maximum Gasteiger partial charge on any atom is 0.126 e. The van der Waals surface area contributed by atoms with Crippen molar-refractivity contribution in [3.63, 3.8) is 0 Å². The van der Waals surface area contributed by atoms with Gasteiger partial charge in [0.2, 0.25) is 0 Å². The van der Waals surface area contributed by atoms with Crippen molar-refractivity contribution in [3.05, 3.63) is 35.6 Å². The van der Waals surface area contributed by atoms with E-state index >= 15 is 0 Å². The minimum atomic E-state index is -0.109. The topological polar surface area (TPSA) is 23.8 Å². The van der Waals surface area contributed by atoms with Gasteiger partial charge in [-0.1, -0.05) is 37.5 Å². The Morgan fingerprint density at radius 1 is 1.18 bits per heavy atom. The van der Waals surface area contributed by atoms with E-state index in [0.29, 0.717) is 12.3 Å². The molecule has 0 amide bonds. The Morgan fingerprint density at radius 2 is 1.94 bits per heavy atom. The van der Waals surface area contributed by atoms with Gasteiger partial charge in [-0.05, 0) is 36.3 Å². The normalized spacial score (nSPS) is 24.9. The van der Waals surface area contributed by atoms with Crippen LogP contribution in [0.5, 0.6) is 0 Å². The second kappa shape index (κ2) is 5.82. The third-order valence-electron chi connectivity index (χ3n) is 3.82. The summed E-state index contributed by atoms with van der Waals surface area (Å²) >= 11 is 0. The van der Waals surface area contributed by atoms with E-state index in [2.05, 4.69) is 6.07 Å². The molecule has 1 aliphatic carbocycles. The van der Waals surface area contributed by atoms with Crippen LogP contribution in [0.3, 0.4) is 0 Å². The summed E-state index contributed by atoms with van der Waals surface area (Å²) in [6, 6.07) is 9.30. The lowest BCUT2D eigenvalue weighted by molar-refractivity contribution is 0.394. The lowest BCUT2D eigenvalue weighted by Gasteiger charge is -2.23. The fraction of sp³-hybridized carbons (Fsp3) is 0.533. The molecule has 1 fully saturated rings. The highest BCUT2D eigenvalue weighted by Crippen LogP contribution is 2.39. The number of benzene rings is 1. The molecule has 0 bridgehead atoms. The van der Waals surface area contributed by atoms with Crippen LogP contribution in [-0.4, -0.2) is 0 Å². The predicted octanol–water partition coefficient (Wildman–Crippen LogP) is 4.40. The fourth-order valence-corrected chi connectivity index (χ4v) is 2.93. The van der Waals surface area contributed by atoms with Gasteiger partial charge >= 0.3 is 0 Å². The molecule has 1 nitrogen and oxygen atoms in total. The molecule has 2 atom stereocenters. The number of hydrogen-bond acceptors (Lipinski definition) is 1. The van der Waals surface area contributed by atoms with Crippen LogP contribution in [-0.2, 0) is 0 Å². The zero-order chi connectivity index (χ0) is 12.1. The second-order valence-corrected chi connectivity index (χ2v) is 4.89. The number of rotatable bonds is 2. The Kier molecular flexibility index (Phi) is 4.14. The van der Waals surface area contributed by atoms with Gasteiger partial charge in [-0.2, -0.15) is 5.26 Å². The van der Waals surface area contributed by atoms with Crippen LogP contribution in [0.15, 0.2) is 24.3 Å². The number of nitrogens with zero attached hydrogens (tertiary/aromatic N) is 1. The molecule has 0 saturated heterocycles. The van der Waals surface area contributed by atoms with Crippen molar-refractivity contribution in [2.24, 2.45) is 5.92 Å². The maximum absolute atomic E-state index is 13.8. The maximum atomic E-state index is 13.8. The average Bonchev–Trinajstić information content (AvgIpc) is 2.56. The SMILES string of the molecule is N#CCC1CCCCCC1c1ccccc1F. The molecule has 1 aromatic rings. The van der Waals surface area contributed by atoms with E-state index in [1.54, 1.807) is 6.07 Å². The van der Waals surface area contributed by atoms with Gasteiger partial charge in [0.25, 0.3) is 0 Å². The van der Waals surface area contributed by atoms with E-state index in [4.69, 9.17) is 5.26 Å². The molecule has 0 spiro atoms. The summed E-state index contributed by atoms with van der Waals surface area (Å²) in [6.45, 7) is 0. The lowest BCUT2D eigenvalue weighted by atomic mass is 9.81. The number of nitriles is 1. The van der Waals surface area contributed by atoms with Crippen LogP contribution in [0.2, 0.25) is 0 Å². The lowest BCUT2D eigenvalue weighted by Crippen LogP contribution is -2.12. The monoisotopic (exact) mass is 231 g/mol. The van der Waals surface area contributed by atoms with Gasteiger partial charge in [0.15, 0.2) is 0 Å². The van der Waals surface area contributed by atoms with Gasteiger partial charge in [0.05, 0.1) is 6.07 Å². The first-order chi connectivity index (χ1) is 8.33. The smallest absolute Gasteiger partial charge is 0.126 e. The highest BCUT2D eigenvalue weighted by atomic mass is 19.1. The first-order valence-electron chi connectivity index (χ1n) is 6.44. The molecule has 1 aliphatic rings. The van der Waals surface area contributed by atoms with E-state index in [1.165, 1.54) is 18.9 Å². The van der Waals surface area contributed by atoms with E-state index in [0.717, 1.165) is 24.8 Å². The molecule has 0 aromatic heterocycles. The molecular weight excluding hydrogens is 213 g/mol. The van der Waals surface area contributed by atoms with Gasteiger partial charge < -0.3 is 0 Å². The summed E-state index contributed by atoms with van der Waals surface area (Å²) in [5.41, 5.74) is 0.814. The first kappa shape index (κ1) is 12.1. The largest absolute Gasteiger partial charge is 0.207 e. The summed E-state index contributed by atoms with van der Waals surface area (Å²) < 4.78 is 13.8. The summed E-state index contributed by atoms with van der Waals surface area (Å²) in [6.07, 6.45) is 6.18. The van der Waals surface area contributed by atoms with Crippen LogP contribution in [0.4, 0.5) is 4.39 Å². The van der Waals surface area contributed by atoms with E-state index in [9.17, 15) is 4.39 Å². The zero-order valence-electron chi connectivity index (χ0n) is 10.0. The molecule has 90 valence electrons. The number of hydrogen-bond donors (Lipinski definition) is 0. The van der Waals surface area contributed by atoms with Crippen LogP contribution < -0.4 is 0 Å². The molecule has 17 heavy (non-hydrogen) atoms. The minimum absolute atomic E-state index is 0.109. The molecule has 0 aliphatic heterocycles. The Morgan fingerprint density at radius 3 is 2.71 bits per heavy atom. The minimum Gasteiger partial charge on any atom is -0.207 e. The Balaban J connectivity index is 2.26. The van der Waals surface area contributed by atoms with Crippen LogP contribution in [0.25, 0.3) is 0 Å². The third-order valence-corrected chi connectivity index (χ3v) is 3.82. The van der Waals surface area contributed by atoms with Crippen LogP contribution in [0.1, 0.15) is 50.0 Å². The van der Waals surface area contributed by atoms with Gasteiger partial charge in [-0.25, -0.2) is 4.39 Å². The summed E-state index contributed by atoms with van der Waals surface area (Å²) in [7, 11) is 0. The van der Waals surface area contributed by atoms with Crippen molar-refractivity contribution in [2.75, 3.05) is 0 Å². The molecule has 2 rings (SSSR count). The summed E-state index contributed by atoms with van der Waals surface area (Å²) in [5.74, 6) is 0.458. The highest BCUT2D eigenvalue weighted by Gasteiger charge is 2.26. The molecule has 2 unspecified atom stereocenters. The van der Waals surface area contributed by atoms with Crippen molar-refractivity contribution >= 4 is 0 Å².